The Hall–Kier alpha value is -3.29. The Morgan fingerprint density at radius 3 is 2.42 bits per heavy atom. The fourth-order valence-electron chi connectivity index (χ4n) is 2.37. The Bertz CT molecular complexity index is 807. The van der Waals surface area contributed by atoms with Gasteiger partial charge in [0.15, 0.2) is 0 Å². The number of hydrogen-bond donors (Lipinski definition) is 2. The van der Waals surface area contributed by atoms with Crippen molar-refractivity contribution in [1.29, 1.82) is 0 Å². The van der Waals surface area contributed by atoms with Crippen molar-refractivity contribution in [2.45, 2.75) is 13.8 Å². The van der Waals surface area contributed by atoms with E-state index in [0.29, 0.717) is 36.1 Å². The van der Waals surface area contributed by atoms with Gasteiger partial charge in [-0.15, -0.1) is 0 Å². The average Bonchev–Trinajstić information content (AvgIpc) is 2.63. The largest absolute Gasteiger partial charge is 0.494 e. The Kier molecular flexibility index (Phi) is 6.37. The molecular weight excluding hydrogens is 338 g/mol. The van der Waals surface area contributed by atoms with Gasteiger partial charge in [-0.05, 0) is 38.1 Å². The second-order valence-electron chi connectivity index (χ2n) is 5.22. The van der Waals surface area contributed by atoms with Crippen molar-refractivity contribution in [2.75, 3.05) is 30.9 Å². The molecule has 2 aromatic rings. The first kappa shape index (κ1) is 19.0. The zero-order valence-electron chi connectivity index (χ0n) is 14.9. The molecule has 1 amide bonds. The molecule has 0 heterocycles. The van der Waals surface area contributed by atoms with Gasteiger partial charge in [-0.3, -0.25) is 14.9 Å². The van der Waals surface area contributed by atoms with Crippen molar-refractivity contribution in [3.05, 3.63) is 52.1 Å². The molecule has 0 saturated carbocycles. The number of nitrogens with zero attached hydrogens (tertiary/aromatic N) is 1. The van der Waals surface area contributed by atoms with E-state index in [1.165, 1.54) is 18.2 Å². The van der Waals surface area contributed by atoms with Gasteiger partial charge in [-0.1, -0.05) is 0 Å². The molecule has 26 heavy (non-hydrogen) atoms. The van der Waals surface area contributed by atoms with Crippen LogP contribution in [0.15, 0.2) is 36.4 Å². The summed E-state index contributed by atoms with van der Waals surface area (Å²) in [5, 5.41) is 16.6. The summed E-state index contributed by atoms with van der Waals surface area (Å²) in [7, 11) is 1.58. The molecular formula is C18H21N3O5. The second-order valence-corrected chi connectivity index (χ2v) is 5.22. The third-order valence-corrected chi connectivity index (χ3v) is 3.54. The van der Waals surface area contributed by atoms with Gasteiger partial charge in [0.1, 0.15) is 17.2 Å². The highest BCUT2D eigenvalue weighted by molar-refractivity contribution is 6.06. The summed E-state index contributed by atoms with van der Waals surface area (Å²) in [5.41, 5.74) is 0.760. The Balaban J connectivity index is 2.32. The molecule has 8 heteroatoms. The molecule has 0 spiro atoms. The van der Waals surface area contributed by atoms with Crippen LogP contribution in [0.25, 0.3) is 0 Å². The molecule has 2 rings (SSSR count). The molecule has 2 N–H and O–H groups in total. The monoisotopic (exact) mass is 359 g/mol. The zero-order chi connectivity index (χ0) is 19.1. The van der Waals surface area contributed by atoms with Gasteiger partial charge in [0.2, 0.25) is 0 Å². The van der Waals surface area contributed by atoms with Crippen LogP contribution in [-0.2, 0) is 0 Å². The van der Waals surface area contributed by atoms with Gasteiger partial charge in [0.25, 0.3) is 11.6 Å². The Morgan fingerprint density at radius 2 is 1.81 bits per heavy atom. The van der Waals surface area contributed by atoms with Crippen LogP contribution in [-0.4, -0.2) is 31.1 Å². The number of nitro benzene ring substituents is 1. The van der Waals surface area contributed by atoms with Crippen molar-refractivity contribution < 1.29 is 19.2 Å². The molecule has 0 bridgehead atoms. The number of carbonyl (C=O) groups is 1. The van der Waals surface area contributed by atoms with E-state index in [0.717, 1.165) is 0 Å². The number of benzene rings is 2. The summed E-state index contributed by atoms with van der Waals surface area (Å²) in [6, 6.07) is 9.35. The van der Waals surface area contributed by atoms with Crippen LogP contribution >= 0.6 is 0 Å². The van der Waals surface area contributed by atoms with E-state index in [4.69, 9.17) is 9.47 Å². The molecule has 0 unspecified atom stereocenters. The molecule has 8 nitrogen and oxygen atoms in total. The summed E-state index contributed by atoms with van der Waals surface area (Å²) in [5.74, 6) is 0.596. The van der Waals surface area contributed by atoms with E-state index < -0.39 is 10.8 Å². The molecule has 2 aromatic carbocycles. The third-order valence-electron chi connectivity index (χ3n) is 3.54. The van der Waals surface area contributed by atoms with Crippen LogP contribution in [0.1, 0.15) is 24.2 Å². The highest BCUT2D eigenvalue weighted by atomic mass is 16.6. The van der Waals surface area contributed by atoms with Crippen molar-refractivity contribution in [2.24, 2.45) is 0 Å². The molecule has 0 radical (unpaired) electrons. The normalized spacial score (nSPS) is 10.1. The fraction of sp³-hybridized carbons (Fsp3) is 0.278. The van der Waals surface area contributed by atoms with Crippen LogP contribution < -0.4 is 20.1 Å². The zero-order valence-corrected chi connectivity index (χ0v) is 14.9. The van der Waals surface area contributed by atoms with Crippen molar-refractivity contribution in [3.63, 3.8) is 0 Å². The van der Waals surface area contributed by atoms with Gasteiger partial charge in [-0.2, -0.15) is 0 Å². The quantitative estimate of drug-likeness (QED) is 0.550. The first-order chi connectivity index (χ1) is 12.5. The minimum absolute atomic E-state index is 0.167. The van der Waals surface area contributed by atoms with E-state index >= 15 is 0 Å². The van der Waals surface area contributed by atoms with E-state index in [2.05, 4.69) is 10.6 Å². The predicted molar refractivity (Wildman–Crippen MR) is 99.4 cm³/mol. The number of ether oxygens (including phenoxy) is 2. The number of nitrogens with one attached hydrogen (secondary N) is 2. The van der Waals surface area contributed by atoms with Crippen molar-refractivity contribution >= 4 is 23.0 Å². The van der Waals surface area contributed by atoms with Crippen molar-refractivity contribution in [1.82, 2.24) is 0 Å². The SMILES string of the molecule is CCOc1ccc(OCC)c(NC(=O)c2ccc(NC)c([N+](=O)[O-])c2)c1. The van der Waals surface area contributed by atoms with Crippen LogP contribution in [0.5, 0.6) is 11.5 Å². The number of carbonyl (C=O) groups excluding carboxylic acids is 1. The molecule has 0 aromatic heterocycles. The standard InChI is InChI=1S/C18H21N3O5/c1-4-25-13-7-9-17(26-5-2)15(11-13)20-18(22)12-6-8-14(19-3)16(10-12)21(23)24/h6-11,19H,4-5H2,1-3H3,(H,20,22). The number of amides is 1. The Labute approximate surface area is 151 Å². The molecule has 0 aliphatic rings. The highest BCUT2D eigenvalue weighted by Gasteiger charge is 2.18. The fourth-order valence-corrected chi connectivity index (χ4v) is 2.37. The summed E-state index contributed by atoms with van der Waals surface area (Å²) in [6.45, 7) is 4.61. The number of hydrogen-bond acceptors (Lipinski definition) is 6. The van der Waals surface area contributed by atoms with Gasteiger partial charge in [0, 0.05) is 24.7 Å². The molecule has 0 fully saturated rings. The number of anilines is 2. The maximum absolute atomic E-state index is 12.6. The minimum atomic E-state index is -0.538. The molecule has 0 aliphatic carbocycles. The van der Waals surface area contributed by atoms with Gasteiger partial charge in [0.05, 0.1) is 23.8 Å². The van der Waals surface area contributed by atoms with Crippen LogP contribution in [0.2, 0.25) is 0 Å². The molecule has 0 atom stereocenters. The first-order valence-electron chi connectivity index (χ1n) is 8.17. The van der Waals surface area contributed by atoms with Crippen LogP contribution in [0, 0.1) is 10.1 Å². The van der Waals surface area contributed by atoms with E-state index in [9.17, 15) is 14.9 Å². The maximum atomic E-state index is 12.6. The average molecular weight is 359 g/mol. The summed E-state index contributed by atoms with van der Waals surface area (Å²) >= 11 is 0. The highest BCUT2D eigenvalue weighted by Crippen LogP contribution is 2.31. The predicted octanol–water partition coefficient (Wildman–Crippen LogP) is 3.69. The lowest BCUT2D eigenvalue weighted by atomic mass is 10.1. The molecule has 0 aliphatic heterocycles. The lowest BCUT2D eigenvalue weighted by molar-refractivity contribution is -0.384. The Morgan fingerprint density at radius 1 is 1.08 bits per heavy atom. The molecule has 138 valence electrons. The number of rotatable bonds is 8. The lowest BCUT2D eigenvalue weighted by Crippen LogP contribution is -2.14. The van der Waals surface area contributed by atoms with Gasteiger partial charge >= 0.3 is 0 Å². The molecule has 0 saturated heterocycles. The first-order valence-corrected chi connectivity index (χ1v) is 8.17. The van der Waals surface area contributed by atoms with E-state index in [-0.39, 0.29) is 11.3 Å². The smallest absolute Gasteiger partial charge is 0.293 e. The third kappa shape index (κ3) is 4.41. The summed E-state index contributed by atoms with van der Waals surface area (Å²) in [4.78, 5) is 23.2. The lowest BCUT2D eigenvalue weighted by Gasteiger charge is -2.14. The van der Waals surface area contributed by atoms with Crippen molar-refractivity contribution in [3.8, 4) is 11.5 Å². The number of nitro groups is 1. The van der Waals surface area contributed by atoms with Crippen LogP contribution in [0.4, 0.5) is 17.1 Å². The topological polar surface area (TPSA) is 103 Å². The van der Waals surface area contributed by atoms with Crippen LogP contribution in [0.3, 0.4) is 0 Å². The minimum Gasteiger partial charge on any atom is -0.494 e. The summed E-state index contributed by atoms with van der Waals surface area (Å²) < 4.78 is 11.0. The summed E-state index contributed by atoms with van der Waals surface area (Å²) in [6.07, 6.45) is 0. The van der Waals surface area contributed by atoms with Gasteiger partial charge in [-0.25, -0.2) is 0 Å². The van der Waals surface area contributed by atoms with Gasteiger partial charge < -0.3 is 20.1 Å². The van der Waals surface area contributed by atoms with E-state index in [1.807, 2.05) is 13.8 Å². The van der Waals surface area contributed by atoms with E-state index in [1.54, 1.807) is 25.2 Å². The maximum Gasteiger partial charge on any atom is 0.293 e. The second kappa shape index (κ2) is 8.70.